The number of sulfone groups is 1. The monoisotopic (exact) mass is 174 g/mol. The molecule has 11 heavy (non-hydrogen) atoms. The van der Waals surface area contributed by atoms with Gasteiger partial charge in [-0.2, -0.15) is 0 Å². The third kappa shape index (κ3) is 1.91. The third-order valence-electron chi connectivity index (χ3n) is 1.10. The Kier molecular flexibility index (Phi) is 1.82. The van der Waals surface area contributed by atoms with Crippen LogP contribution in [0.15, 0.2) is 32.5 Å². The molecule has 1 aromatic rings. The second-order valence-corrected chi connectivity index (χ2v) is 4.07. The van der Waals surface area contributed by atoms with E-state index in [-0.39, 0.29) is 4.90 Å². The maximum atomic E-state index is 10.8. The van der Waals surface area contributed by atoms with Crippen LogP contribution in [0, 0.1) is 0 Å². The van der Waals surface area contributed by atoms with Gasteiger partial charge in [0.15, 0.2) is 9.84 Å². The van der Waals surface area contributed by atoms with Crippen LogP contribution in [0.25, 0.3) is 0 Å². The molecule has 0 N–H and O–H groups in total. The largest absolute Gasteiger partial charge is 0.431 e. The van der Waals surface area contributed by atoms with Crippen molar-refractivity contribution in [3.8, 4) is 0 Å². The molecule has 60 valence electrons. The predicted octanol–water partition coefficient (Wildman–Crippen LogP) is 0.0433. The summed E-state index contributed by atoms with van der Waals surface area (Å²) in [5.41, 5.74) is -0.659. The van der Waals surface area contributed by atoms with E-state index in [1.54, 1.807) is 0 Å². The van der Waals surface area contributed by atoms with Crippen molar-refractivity contribution < 1.29 is 12.8 Å². The maximum Gasteiger partial charge on any atom is 0.336 e. The summed E-state index contributed by atoms with van der Waals surface area (Å²) in [7, 11) is -3.29. The zero-order chi connectivity index (χ0) is 8.48. The average molecular weight is 174 g/mol. The summed E-state index contributed by atoms with van der Waals surface area (Å²) in [6.45, 7) is 0. The molecule has 0 spiro atoms. The van der Waals surface area contributed by atoms with Crippen molar-refractivity contribution in [3.63, 3.8) is 0 Å². The standard InChI is InChI=1S/C6H6O4S/c1-11(8,9)5-2-3-10-6(7)4-5/h2-4H,1H3. The van der Waals surface area contributed by atoms with E-state index in [4.69, 9.17) is 0 Å². The first-order chi connectivity index (χ1) is 5.00. The predicted molar refractivity (Wildman–Crippen MR) is 38.1 cm³/mol. The Morgan fingerprint density at radius 2 is 2.09 bits per heavy atom. The van der Waals surface area contributed by atoms with E-state index in [0.717, 1.165) is 18.6 Å². The average Bonchev–Trinajstić information content (AvgIpc) is 1.86. The van der Waals surface area contributed by atoms with Crippen LogP contribution in [0.5, 0.6) is 0 Å². The van der Waals surface area contributed by atoms with Gasteiger partial charge in [-0.1, -0.05) is 0 Å². The van der Waals surface area contributed by atoms with E-state index in [9.17, 15) is 13.2 Å². The topological polar surface area (TPSA) is 64.3 Å². The molecule has 5 heteroatoms. The van der Waals surface area contributed by atoms with Gasteiger partial charge in [-0.05, 0) is 6.07 Å². The first-order valence-electron chi connectivity index (χ1n) is 2.79. The summed E-state index contributed by atoms with van der Waals surface area (Å²) in [4.78, 5) is 10.5. The number of hydrogen-bond donors (Lipinski definition) is 0. The summed E-state index contributed by atoms with van der Waals surface area (Å²) < 4.78 is 26.0. The summed E-state index contributed by atoms with van der Waals surface area (Å²) in [6.07, 6.45) is 2.08. The van der Waals surface area contributed by atoms with Gasteiger partial charge >= 0.3 is 5.63 Å². The van der Waals surface area contributed by atoms with Gasteiger partial charge in [-0.15, -0.1) is 0 Å². The molecule has 0 unspecified atom stereocenters. The molecule has 0 aliphatic heterocycles. The Hall–Kier alpha value is -1.10. The lowest BCUT2D eigenvalue weighted by Gasteiger charge is -1.92. The molecule has 0 aliphatic carbocycles. The van der Waals surface area contributed by atoms with Gasteiger partial charge in [-0.3, -0.25) is 0 Å². The van der Waals surface area contributed by atoms with Crippen LogP contribution in [-0.4, -0.2) is 14.7 Å². The van der Waals surface area contributed by atoms with Gasteiger partial charge in [0.25, 0.3) is 0 Å². The summed E-state index contributed by atoms with van der Waals surface area (Å²) in [5, 5.41) is 0. The van der Waals surface area contributed by atoms with Crippen LogP contribution in [0.1, 0.15) is 0 Å². The Morgan fingerprint density at radius 1 is 1.45 bits per heavy atom. The van der Waals surface area contributed by atoms with Gasteiger partial charge < -0.3 is 4.42 Å². The molecule has 0 fully saturated rings. The zero-order valence-corrected chi connectivity index (χ0v) is 6.59. The molecule has 1 heterocycles. The van der Waals surface area contributed by atoms with Crippen molar-refractivity contribution in [2.24, 2.45) is 0 Å². The molecule has 0 aromatic carbocycles. The molecule has 0 saturated carbocycles. The van der Waals surface area contributed by atoms with Crippen LogP contribution in [0.2, 0.25) is 0 Å². The van der Waals surface area contributed by atoms with Crippen molar-refractivity contribution >= 4 is 9.84 Å². The van der Waals surface area contributed by atoms with Crippen LogP contribution < -0.4 is 5.63 Å². The van der Waals surface area contributed by atoms with Crippen LogP contribution in [-0.2, 0) is 9.84 Å². The Balaban J connectivity index is 3.40. The highest BCUT2D eigenvalue weighted by molar-refractivity contribution is 7.90. The fourth-order valence-corrected chi connectivity index (χ4v) is 1.21. The van der Waals surface area contributed by atoms with Gasteiger partial charge in [0.2, 0.25) is 0 Å². The lowest BCUT2D eigenvalue weighted by molar-refractivity contribution is 0.504. The minimum Gasteiger partial charge on any atom is -0.431 e. The quantitative estimate of drug-likeness (QED) is 0.603. The smallest absolute Gasteiger partial charge is 0.336 e. The molecule has 0 aliphatic rings. The molecular weight excluding hydrogens is 168 g/mol. The van der Waals surface area contributed by atoms with Crippen molar-refractivity contribution in [2.75, 3.05) is 6.26 Å². The molecule has 1 rings (SSSR count). The van der Waals surface area contributed by atoms with E-state index in [1.165, 1.54) is 6.07 Å². The van der Waals surface area contributed by atoms with E-state index in [1.807, 2.05) is 0 Å². The van der Waals surface area contributed by atoms with Crippen LogP contribution in [0.3, 0.4) is 0 Å². The Morgan fingerprint density at radius 3 is 2.45 bits per heavy atom. The fraction of sp³-hybridized carbons (Fsp3) is 0.167. The van der Waals surface area contributed by atoms with Crippen molar-refractivity contribution in [2.45, 2.75) is 4.90 Å². The Bertz CT molecular complexity index is 401. The molecule has 4 nitrogen and oxygen atoms in total. The molecule has 1 aromatic heterocycles. The van der Waals surface area contributed by atoms with Gasteiger partial charge in [0.05, 0.1) is 11.2 Å². The first-order valence-corrected chi connectivity index (χ1v) is 4.68. The van der Waals surface area contributed by atoms with Gasteiger partial charge in [-0.25, -0.2) is 13.2 Å². The zero-order valence-electron chi connectivity index (χ0n) is 5.77. The fourth-order valence-electron chi connectivity index (χ4n) is 0.597. The van der Waals surface area contributed by atoms with Gasteiger partial charge in [0.1, 0.15) is 0 Å². The van der Waals surface area contributed by atoms with Crippen molar-refractivity contribution in [1.82, 2.24) is 0 Å². The van der Waals surface area contributed by atoms with Crippen molar-refractivity contribution in [1.29, 1.82) is 0 Å². The molecule has 0 bridgehead atoms. The SMILES string of the molecule is CS(=O)(=O)c1ccoc(=O)c1. The third-order valence-corrected chi connectivity index (χ3v) is 2.22. The minimum atomic E-state index is -3.29. The van der Waals surface area contributed by atoms with Crippen LogP contribution in [0.4, 0.5) is 0 Å². The Labute approximate surface area is 63.4 Å². The summed E-state index contributed by atoms with van der Waals surface area (Å²) in [5.74, 6) is 0. The highest BCUT2D eigenvalue weighted by atomic mass is 32.2. The second kappa shape index (κ2) is 2.50. The van der Waals surface area contributed by atoms with Crippen molar-refractivity contribution in [3.05, 3.63) is 28.8 Å². The summed E-state index contributed by atoms with van der Waals surface area (Å²) >= 11 is 0. The molecule has 0 radical (unpaired) electrons. The van der Waals surface area contributed by atoms with E-state index in [0.29, 0.717) is 0 Å². The molecule has 0 amide bonds. The van der Waals surface area contributed by atoms with Gasteiger partial charge in [0, 0.05) is 12.3 Å². The highest BCUT2D eigenvalue weighted by Crippen LogP contribution is 2.02. The first kappa shape index (κ1) is 8.00. The minimum absolute atomic E-state index is 0.0197. The van der Waals surface area contributed by atoms with E-state index < -0.39 is 15.5 Å². The van der Waals surface area contributed by atoms with Crippen LogP contribution >= 0.6 is 0 Å². The highest BCUT2D eigenvalue weighted by Gasteiger charge is 2.06. The molecular formula is C6H6O4S. The summed E-state index contributed by atoms with van der Waals surface area (Å²) in [6, 6.07) is 2.17. The second-order valence-electron chi connectivity index (χ2n) is 2.06. The number of rotatable bonds is 1. The normalized spacial score (nSPS) is 11.4. The lowest BCUT2D eigenvalue weighted by atomic mass is 10.5. The molecule has 0 saturated heterocycles. The number of hydrogen-bond acceptors (Lipinski definition) is 4. The van der Waals surface area contributed by atoms with E-state index >= 15 is 0 Å². The van der Waals surface area contributed by atoms with E-state index in [2.05, 4.69) is 4.42 Å². The molecule has 0 atom stereocenters. The maximum absolute atomic E-state index is 10.8. The lowest BCUT2D eigenvalue weighted by Crippen LogP contribution is -2.03.